The van der Waals surface area contributed by atoms with Gasteiger partial charge < -0.3 is 95.1 Å². The number of amides is 11. The molecule has 0 saturated carbocycles. The smallest absolute Gasteiger partial charge is 0.408 e. The number of nitrogens with one attached hydrogen (secondary N) is 12. The van der Waals surface area contributed by atoms with Crippen LogP contribution in [0.25, 0.3) is 0 Å². The highest BCUT2D eigenvalue weighted by Crippen LogP contribution is 2.21. The summed E-state index contributed by atoms with van der Waals surface area (Å²) < 4.78 is 5.45. The van der Waals surface area contributed by atoms with Gasteiger partial charge in [-0.15, -0.1) is 0 Å². The molecule has 2 aromatic carbocycles. The van der Waals surface area contributed by atoms with Gasteiger partial charge in [0.15, 0.2) is 12.1 Å². The van der Waals surface area contributed by atoms with Crippen LogP contribution < -0.4 is 70.0 Å². The van der Waals surface area contributed by atoms with Crippen molar-refractivity contribution in [3.8, 4) is 0 Å². The number of guanidine groups is 1. The summed E-state index contributed by atoms with van der Waals surface area (Å²) in [4.78, 5) is 154. The van der Waals surface area contributed by atoms with Crippen LogP contribution in [-0.4, -0.2) is 178 Å². The minimum absolute atomic E-state index is 0.0328. The molecular formula is C54H82N14O16. The molecular weight excluding hydrogens is 1100 g/mol. The van der Waals surface area contributed by atoms with Crippen LogP contribution in [-0.2, 0) is 59.3 Å². The normalized spacial score (nSPS) is 24.7. The van der Waals surface area contributed by atoms with Gasteiger partial charge in [0, 0.05) is 6.54 Å². The van der Waals surface area contributed by atoms with E-state index in [0.29, 0.717) is 5.56 Å². The van der Waals surface area contributed by atoms with E-state index in [-0.39, 0.29) is 50.3 Å². The van der Waals surface area contributed by atoms with Gasteiger partial charge in [-0.25, -0.2) is 4.79 Å². The molecule has 0 aliphatic carbocycles. The quantitative estimate of drug-likeness (QED) is 0.0379. The van der Waals surface area contributed by atoms with E-state index in [1.807, 2.05) is 5.32 Å². The zero-order valence-corrected chi connectivity index (χ0v) is 47.9. The van der Waals surface area contributed by atoms with Crippen molar-refractivity contribution in [1.29, 1.82) is 5.41 Å². The number of hydrogen-bond acceptors (Lipinski definition) is 17. The molecule has 20 N–H and O–H groups in total. The van der Waals surface area contributed by atoms with Crippen LogP contribution in [0.1, 0.15) is 91.3 Å². The van der Waals surface area contributed by atoms with E-state index >= 15 is 4.79 Å². The Morgan fingerprint density at radius 2 is 1.19 bits per heavy atom. The third kappa shape index (κ3) is 22.0. The molecule has 13 atom stereocenters. The Morgan fingerprint density at radius 3 is 1.75 bits per heavy atom. The average Bonchev–Trinajstić information content (AvgIpc) is 3.52. The van der Waals surface area contributed by atoms with Crippen molar-refractivity contribution in [2.75, 3.05) is 19.7 Å². The lowest BCUT2D eigenvalue weighted by Crippen LogP contribution is -2.64. The Labute approximate surface area is 485 Å². The summed E-state index contributed by atoms with van der Waals surface area (Å²) in [6, 6.07) is -0.789. The maximum Gasteiger partial charge on any atom is 0.408 e. The molecule has 3 rings (SSSR count). The highest BCUT2D eigenvalue weighted by molar-refractivity contribution is 6.00. The van der Waals surface area contributed by atoms with Crippen molar-refractivity contribution in [3.63, 3.8) is 0 Å². The first kappa shape index (κ1) is 69.8. The van der Waals surface area contributed by atoms with E-state index in [9.17, 15) is 68.4 Å². The Bertz CT molecular complexity index is 2600. The second-order valence-electron chi connectivity index (χ2n) is 21.0. The number of nitrogens with two attached hydrogens (primary N) is 2. The molecule has 1 saturated heterocycles. The summed E-state index contributed by atoms with van der Waals surface area (Å²) in [6.07, 6.45) is -7.16. The molecule has 2 aromatic rings. The SMILES string of the molecule is CC[C@H](C)[C@@H]1NC(=O)[C@@H](CCCNC(=N)N)NC(=O)[C@H](CC(C)C)NC(=O)C([C@H](O)C(C)C)NC(=O)[C@@H](NC(=O)OCc2ccccc2)[C@@H](c2ccccc2)NC(=O)[C@H](CO)NC(=O)[C@H]([C@H](O)C(N)=O)NC(=O)CNC(=O)[C@H]([C@H](C)O)NC1=O. The topological polar surface area (TPSA) is 486 Å². The third-order valence-electron chi connectivity index (χ3n) is 13.4. The largest absolute Gasteiger partial charge is 0.445 e. The molecule has 1 aliphatic heterocycles. The number of aliphatic hydroxyl groups excluding tert-OH is 4. The van der Waals surface area contributed by atoms with Crippen LogP contribution in [0.4, 0.5) is 4.79 Å². The van der Waals surface area contributed by atoms with E-state index in [1.165, 1.54) is 38.1 Å². The van der Waals surface area contributed by atoms with Crippen molar-refractivity contribution in [2.45, 2.75) is 153 Å². The lowest BCUT2D eigenvalue weighted by atomic mass is 9.94. The van der Waals surface area contributed by atoms with Crippen molar-refractivity contribution in [1.82, 2.24) is 58.5 Å². The predicted molar refractivity (Wildman–Crippen MR) is 300 cm³/mol. The molecule has 1 fully saturated rings. The number of primary amides is 1. The fraction of sp³-hybridized carbons (Fsp3) is 0.556. The molecule has 84 heavy (non-hydrogen) atoms. The maximum absolute atomic E-state index is 15.0. The van der Waals surface area contributed by atoms with Crippen molar-refractivity contribution < 1.29 is 77.9 Å². The maximum atomic E-state index is 15.0. The van der Waals surface area contributed by atoms with Gasteiger partial charge in [-0.1, -0.05) is 109 Å². The average molecular weight is 1180 g/mol. The minimum Gasteiger partial charge on any atom is -0.445 e. The van der Waals surface area contributed by atoms with Crippen LogP contribution in [0, 0.1) is 23.2 Å². The highest BCUT2D eigenvalue weighted by Gasteiger charge is 2.42. The monoisotopic (exact) mass is 1180 g/mol. The van der Waals surface area contributed by atoms with Crippen molar-refractivity contribution in [3.05, 3.63) is 71.8 Å². The molecule has 30 nitrogen and oxygen atoms in total. The second kappa shape index (κ2) is 34.2. The Kier molecular flexibility index (Phi) is 28.4. The molecule has 11 amide bonds. The molecule has 1 heterocycles. The standard InChI is InChI=1S/C54H82N14O16/c1-8-28(6)36-49(79)65-37(29(7)70)48(78)59-23-35(71)63-41(43(73)44(55)74)52(82)62-34(24-69)47(77)66-38(31-18-13-10-14-19-31)39(68-54(83)84-25-30-16-11-9-12-17-30)50(80)67-40(42(72)27(4)5)51(81)61-33(22-26(2)3)46(76)60-32(45(75)64-36)20-15-21-58-53(56)57/h9-14,16-19,26-29,32-34,36-43,69-70,72-73H,8,15,20-25H2,1-7H3,(H2,55,74)(H,59,78)(H,60,76)(H,61,81)(H,62,82)(H,63,71)(H,64,75)(H,65,79)(H,66,77)(H,67,80)(H,68,83)(H4,56,57,58)/t28-,29-,32+,33-,34-,36-,37-,38+,39-,40?,41-,42+,43-/m0/s1. The fourth-order valence-electron chi connectivity index (χ4n) is 8.45. The predicted octanol–water partition coefficient (Wildman–Crippen LogP) is -4.75. The van der Waals surface area contributed by atoms with E-state index < -0.39 is 169 Å². The summed E-state index contributed by atoms with van der Waals surface area (Å²) in [7, 11) is 0. The fourth-order valence-corrected chi connectivity index (χ4v) is 8.45. The van der Waals surface area contributed by atoms with Crippen LogP contribution >= 0.6 is 0 Å². The molecule has 1 aliphatic rings. The number of carbonyl (C=O) groups excluding carboxylic acids is 11. The number of alkyl carbamates (subject to hydrolysis) is 1. The molecule has 1 unspecified atom stereocenters. The van der Waals surface area contributed by atoms with Crippen molar-refractivity contribution >= 4 is 71.1 Å². The van der Waals surface area contributed by atoms with Crippen LogP contribution in [0.5, 0.6) is 0 Å². The first-order valence-electron chi connectivity index (χ1n) is 27.3. The molecule has 30 heteroatoms. The van der Waals surface area contributed by atoms with E-state index in [0.717, 1.165) is 6.92 Å². The lowest BCUT2D eigenvalue weighted by molar-refractivity contribution is -0.140. The molecule has 0 spiro atoms. The molecule has 0 bridgehead atoms. The second-order valence-corrected chi connectivity index (χ2v) is 21.0. The summed E-state index contributed by atoms with van der Waals surface area (Å²) in [5, 5.41) is 77.7. The summed E-state index contributed by atoms with van der Waals surface area (Å²) in [6.45, 7) is 8.20. The van der Waals surface area contributed by atoms with Crippen LogP contribution in [0.3, 0.4) is 0 Å². The Hall–Kier alpha value is -8.48. The molecule has 0 aromatic heterocycles. The van der Waals surface area contributed by atoms with Gasteiger partial charge in [0.25, 0.3) is 0 Å². The summed E-state index contributed by atoms with van der Waals surface area (Å²) in [5.74, 6) is -14.4. The van der Waals surface area contributed by atoms with Gasteiger partial charge in [0.05, 0.1) is 31.4 Å². The summed E-state index contributed by atoms with van der Waals surface area (Å²) in [5.41, 5.74) is 11.4. The first-order chi connectivity index (χ1) is 39.6. The minimum atomic E-state index is -2.53. The number of aliphatic hydroxyl groups is 4. The highest BCUT2D eigenvalue weighted by atomic mass is 16.5. The van der Waals surface area contributed by atoms with Gasteiger partial charge in [-0.2, -0.15) is 0 Å². The zero-order chi connectivity index (χ0) is 63.0. The van der Waals surface area contributed by atoms with Gasteiger partial charge in [-0.05, 0) is 55.1 Å². The van der Waals surface area contributed by atoms with Crippen molar-refractivity contribution in [2.24, 2.45) is 29.2 Å². The van der Waals surface area contributed by atoms with E-state index in [1.54, 1.807) is 64.1 Å². The number of hydrogen-bond donors (Lipinski definition) is 18. The molecule has 464 valence electrons. The Morgan fingerprint density at radius 1 is 0.655 bits per heavy atom. The summed E-state index contributed by atoms with van der Waals surface area (Å²) >= 11 is 0. The zero-order valence-electron chi connectivity index (χ0n) is 47.9. The third-order valence-corrected chi connectivity index (χ3v) is 13.4. The molecule has 0 radical (unpaired) electrons. The number of ether oxygens (including phenoxy) is 1. The number of rotatable bonds is 18. The van der Waals surface area contributed by atoms with Gasteiger partial charge in [-0.3, -0.25) is 53.4 Å². The van der Waals surface area contributed by atoms with E-state index in [4.69, 9.17) is 21.6 Å². The van der Waals surface area contributed by atoms with Crippen LogP contribution in [0.2, 0.25) is 0 Å². The first-order valence-corrected chi connectivity index (χ1v) is 27.3. The van der Waals surface area contributed by atoms with Crippen LogP contribution in [0.15, 0.2) is 60.7 Å². The van der Waals surface area contributed by atoms with Gasteiger partial charge in [0.1, 0.15) is 54.9 Å². The van der Waals surface area contributed by atoms with E-state index in [2.05, 4.69) is 53.2 Å². The number of carbonyl (C=O) groups is 11. The Balaban J connectivity index is 2.33. The number of benzene rings is 2. The van der Waals surface area contributed by atoms with Gasteiger partial charge in [0.2, 0.25) is 59.1 Å². The lowest BCUT2D eigenvalue weighted by Gasteiger charge is -2.33. The van der Waals surface area contributed by atoms with Gasteiger partial charge >= 0.3 is 6.09 Å².